The van der Waals surface area contributed by atoms with Gasteiger partial charge < -0.3 is 14.6 Å². The number of fused-ring (bicyclic) bond motifs is 1. The van der Waals surface area contributed by atoms with E-state index in [2.05, 4.69) is 15.2 Å². The predicted molar refractivity (Wildman–Crippen MR) is 103 cm³/mol. The molecule has 0 bridgehead atoms. The summed E-state index contributed by atoms with van der Waals surface area (Å²) in [7, 11) is 0. The van der Waals surface area contributed by atoms with E-state index in [4.69, 9.17) is 4.42 Å². The van der Waals surface area contributed by atoms with Gasteiger partial charge in [-0.1, -0.05) is 12.1 Å². The number of hydrogen-bond donors (Lipinski definition) is 1. The molecule has 0 spiro atoms. The Hall–Kier alpha value is -3.09. The molecule has 0 atom stereocenters. The second kappa shape index (κ2) is 7.65. The summed E-state index contributed by atoms with van der Waals surface area (Å²) in [4.78, 5) is 30.7. The standard InChI is InChI=1S/C20H22N4O3/c25-19(14-24-17-3-1-2-4-18(17)27-20(24)26)22-13-15-7-11-23(12-8-15)16-5-9-21-10-6-16/h1-6,9-10,15H,7-8,11-14H2,(H,22,25). The number of carbonyl (C=O) groups excluding carboxylic acids is 1. The van der Waals surface area contributed by atoms with Crippen molar-refractivity contribution in [1.29, 1.82) is 0 Å². The van der Waals surface area contributed by atoms with E-state index in [1.807, 2.05) is 30.6 Å². The molecule has 7 nitrogen and oxygen atoms in total. The lowest BCUT2D eigenvalue weighted by Crippen LogP contribution is -2.40. The molecule has 2 aromatic heterocycles. The van der Waals surface area contributed by atoms with Crippen molar-refractivity contribution < 1.29 is 9.21 Å². The molecule has 1 fully saturated rings. The monoisotopic (exact) mass is 366 g/mol. The Kier molecular flexibility index (Phi) is 4.91. The fourth-order valence-corrected chi connectivity index (χ4v) is 3.57. The van der Waals surface area contributed by atoms with Crippen molar-refractivity contribution in [1.82, 2.24) is 14.9 Å². The number of aromatic nitrogens is 2. The molecule has 0 aliphatic carbocycles. The van der Waals surface area contributed by atoms with Gasteiger partial charge in [-0.3, -0.25) is 14.3 Å². The van der Waals surface area contributed by atoms with Crippen molar-refractivity contribution in [2.45, 2.75) is 19.4 Å². The van der Waals surface area contributed by atoms with Crippen LogP contribution in [-0.4, -0.2) is 35.1 Å². The number of carbonyl (C=O) groups is 1. The molecular formula is C20H22N4O3. The fourth-order valence-electron chi connectivity index (χ4n) is 3.57. The second-order valence-electron chi connectivity index (χ2n) is 6.86. The molecule has 3 aromatic rings. The maximum atomic E-state index is 12.3. The van der Waals surface area contributed by atoms with E-state index in [1.54, 1.807) is 18.2 Å². The van der Waals surface area contributed by atoms with E-state index >= 15 is 0 Å². The van der Waals surface area contributed by atoms with Crippen LogP contribution in [0.1, 0.15) is 12.8 Å². The number of nitrogens with one attached hydrogen (secondary N) is 1. The molecule has 0 radical (unpaired) electrons. The van der Waals surface area contributed by atoms with Gasteiger partial charge in [-0.25, -0.2) is 4.79 Å². The molecule has 0 unspecified atom stereocenters. The van der Waals surface area contributed by atoms with Crippen LogP contribution in [0.25, 0.3) is 11.1 Å². The minimum atomic E-state index is -0.503. The number of hydrogen-bond acceptors (Lipinski definition) is 5. The van der Waals surface area contributed by atoms with Crippen LogP contribution < -0.4 is 16.0 Å². The molecule has 1 aliphatic heterocycles. The maximum Gasteiger partial charge on any atom is 0.420 e. The molecule has 27 heavy (non-hydrogen) atoms. The average molecular weight is 366 g/mol. The van der Waals surface area contributed by atoms with Crippen LogP contribution in [0.2, 0.25) is 0 Å². The number of anilines is 1. The maximum absolute atomic E-state index is 12.3. The Balaban J connectivity index is 1.29. The Bertz CT molecular complexity index is 972. The zero-order chi connectivity index (χ0) is 18.6. The summed E-state index contributed by atoms with van der Waals surface area (Å²) in [5.74, 6) is -0.220. The van der Waals surface area contributed by atoms with Gasteiger partial charge in [0.1, 0.15) is 6.54 Å². The minimum absolute atomic E-state index is 0.0221. The van der Waals surface area contributed by atoms with E-state index < -0.39 is 5.76 Å². The molecule has 1 amide bonds. The Morgan fingerprint density at radius 3 is 2.67 bits per heavy atom. The highest BCUT2D eigenvalue weighted by Gasteiger charge is 2.20. The summed E-state index contributed by atoms with van der Waals surface area (Å²) in [6.07, 6.45) is 5.67. The Morgan fingerprint density at radius 2 is 1.89 bits per heavy atom. The van der Waals surface area contributed by atoms with E-state index in [-0.39, 0.29) is 12.5 Å². The molecule has 3 heterocycles. The summed E-state index contributed by atoms with van der Waals surface area (Å²) in [5, 5.41) is 2.97. The molecule has 1 N–H and O–H groups in total. The lowest BCUT2D eigenvalue weighted by molar-refractivity contribution is -0.121. The van der Waals surface area contributed by atoms with E-state index in [0.29, 0.717) is 23.6 Å². The lowest BCUT2D eigenvalue weighted by Gasteiger charge is -2.33. The fraction of sp³-hybridized carbons (Fsp3) is 0.350. The SMILES string of the molecule is O=C(Cn1c(=O)oc2ccccc21)NCC1CCN(c2ccncc2)CC1. The Labute approximate surface area is 156 Å². The van der Waals surface area contributed by atoms with Gasteiger partial charge in [0, 0.05) is 37.7 Å². The number of amides is 1. The van der Waals surface area contributed by atoms with E-state index in [1.165, 1.54) is 10.3 Å². The first kappa shape index (κ1) is 17.3. The highest BCUT2D eigenvalue weighted by Crippen LogP contribution is 2.22. The largest absolute Gasteiger partial charge is 0.420 e. The number of piperidine rings is 1. The smallest absolute Gasteiger partial charge is 0.408 e. The Morgan fingerprint density at radius 1 is 1.15 bits per heavy atom. The zero-order valence-corrected chi connectivity index (χ0v) is 15.0. The van der Waals surface area contributed by atoms with Crippen LogP contribution in [0.4, 0.5) is 5.69 Å². The number of para-hydroxylation sites is 2. The van der Waals surface area contributed by atoms with Crippen LogP contribution in [0.15, 0.2) is 58.0 Å². The first-order chi connectivity index (χ1) is 13.2. The average Bonchev–Trinajstić information content (AvgIpc) is 3.03. The summed E-state index contributed by atoms with van der Waals surface area (Å²) < 4.78 is 6.54. The molecular weight excluding hydrogens is 344 g/mol. The molecule has 1 saturated heterocycles. The van der Waals surface area contributed by atoms with Gasteiger partial charge in [-0.15, -0.1) is 0 Å². The van der Waals surface area contributed by atoms with Crippen molar-refractivity contribution in [3.8, 4) is 0 Å². The van der Waals surface area contributed by atoms with Gasteiger partial charge in [0.2, 0.25) is 5.91 Å². The van der Waals surface area contributed by atoms with Crippen LogP contribution in [0, 0.1) is 5.92 Å². The topological polar surface area (TPSA) is 80.4 Å². The van der Waals surface area contributed by atoms with Gasteiger partial charge in [0.25, 0.3) is 0 Å². The van der Waals surface area contributed by atoms with Crippen molar-refractivity contribution in [2.75, 3.05) is 24.5 Å². The molecule has 1 aromatic carbocycles. The number of nitrogens with zero attached hydrogens (tertiary/aromatic N) is 3. The number of pyridine rings is 1. The van der Waals surface area contributed by atoms with Crippen LogP contribution in [0.5, 0.6) is 0 Å². The van der Waals surface area contributed by atoms with Gasteiger partial charge in [0.05, 0.1) is 5.52 Å². The zero-order valence-electron chi connectivity index (χ0n) is 15.0. The van der Waals surface area contributed by atoms with Crippen molar-refractivity contribution >= 4 is 22.7 Å². The predicted octanol–water partition coefficient (Wildman–Crippen LogP) is 2.02. The normalized spacial score (nSPS) is 15.2. The van der Waals surface area contributed by atoms with Crippen molar-refractivity contribution in [2.24, 2.45) is 5.92 Å². The van der Waals surface area contributed by atoms with E-state index in [9.17, 15) is 9.59 Å². The van der Waals surface area contributed by atoms with E-state index in [0.717, 1.165) is 25.9 Å². The molecule has 1 aliphatic rings. The summed E-state index contributed by atoms with van der Waals surface area (Å²) in [5.41, 5.74) is 2.33. The number of rotatable bonds is 5. The molecule has 7 heteroatoms. The number of oxazole rings is 1. The van der Waals surface area contributed by atoms with Crippen molar-refractivity contribution in [3.05, 3.63) is 59.3 Å². The molecule has 140 valence electrons. The molecule has 0 saturated carbocycles. The first-order valence-electron chi connectivity index (χ1n) is 9.21. The van der Waals surface area contributed by atoms with Crippen molar-refractivity contribution in [3.63, 3.8) is 0 Å². The third kappa shape index (κ3) is 3.86. The lowest BCUT2D eigenvalue weighted by atomic mass is 9.96. The van der Waals surface area contributed by atoms with Gasteiger partial charge >= 0.3 is 5.76 Å². The first-order valence-corrected chi connectivity index (χ1v) is 9.21. The highest BCUT2D eigenvalue weighted by molar-refractivity contribution is 5.79. The van der Waals surface area contributed by atoms with Crippen LogP contribution in [-0.2, 0) is 11.3 Å². The summed E-state index contributed by atoms with van der Waals surface area (Å²) in [6.45, 7) is 2.55. The van der Waals surface area contributed by atoms with Gasteiger partial charge in [0.15, 0.2) is 5.58 Å². The van der Waals surface area contributed by atoms with Gasteiger partial charge in [-0.05, 0) is 43.0 Å². The second-order valence-corrected chi connectivity index (χ2v) is 6.86. The quantitative estimate of drug-likeness (QED) is 0.747. The summed E-state index contributed by atoms with van der Waals surface area (Å²) >= 11 is 0. The number of benzene rings is 1. The highest BCUT2D eigenvalue weighted by atomic mass is 16.4. The third-order valence-corrected chi connectivity index (χ3v) is 5.11. The summed E-state index contributed by atoms with van der Waals surface area (Å²) in [6, 6.07) is 11.2. The minimum Gasteiger partial charge on any atom is -0.408 e. The van der Waals surface area contributed by atoms with Crippen LogP contribution >= 0.6 is 0 Å². The molecule has 4 rings (SSSR count). The van der Waals surface area contributed by atoms with Crippen LogP contribution in [0.3, 0.4) is 0 Å². The third-order valence-electron chi connectivity index (χ3n) is 5.11. The van der Waals surface area contributed by atoms with Gasteiger partial charge in [-0.2, -0.15) is 0 Å².